The first-order chi connectivity index (χ1) is 6.09. The molecule has 0 fully saturated rings. The van der Waals surface area contributed by atoms with Crippen LogP contribution in [0.25, 0.3) is 0 Å². The summed E-state index contributed by atoms with van der Waals surface area (Å²) in [4.78, 5) is 0. The number of hydrogen-bond acceptors (Lipinski definition) is 0. The lowest BCUT2D eigenvalue weighted by Crippen LogP contribution is -2.36. The molecule has 0 nitrogen and oxygen atoms in total. The van der Waals surface area contributed by atoms with Crippen molar-refractivity contribution in [1.82, 2.24) is 0 Å². The van der Waals surface area contributed by atoms with Crippen LogP contribution in [0.4, 0.5) is 12.9 Å². The minimum atomic E-state index is -4.82. The van der Waals surface area contributed by atoms with Crippen molar-refractivity contribution < 1.29 is 12.9 Å². The van der Waals surface area contributed by atoms with Crippen molar-refractivity contribution in [3.05, 3.63) is 29.3 Å². The Labute approximate surface area is 74.8 Å². The second-order valence-corrected chi connectivity index (χ2v) is 3.41. The van der Waals surface area contributed by atoms with Crippen LogP contribution in [0.3, 0.4) is 0 Å². The molecule has 4 heteroatoms. The van der Waals surface area contributed by atoms with E-state index in [0.717, 1.165) is 18.4 Å². The highest BCUT2D eigenvalue weighted by atomic mass is 19.4. The Hall–Kier alpha value is -0.925. The van der Waals surface area contributed by atoms with E-state index in [1.54, 1.807) is 6.07 Å². The summed E-state index contributed by atoms with van der Waals surface area (Å²) >= 11 is 0. The fraction of sp³-hybridized carbons (Fsp3) is 0.333. The summed E-state index contributed by atoms with van der Waals surface area (Å²) in [6.45, 7) is -4.82. The van der Waals surface area contributed by atoms with Crippen LogP contribution in [0.5, 0.6) is 0 Å². The minimum Gasteiger partial charge on any atom is -0.445 e. The van der Waals surface area contributed by atoms with Gasteiger partial charge in [0.2, 0.25) is 0 Å². The number of hydrogen-bond donors (Lipinski definition) is 0. The number of halogens is 3. The molecule has 1 aliphatic carbocycles. The molecule has 0 saturated carbocycles. The molecule has 0 bridgehead atoms. The third-order valence-electron chi connectivity index (χ3n) is 2.53. The number of aryl methyl sites for hydroxylation is 1. The van der Waals surface area contributed by atoms with Crippen LogP contribution in [-0.2, 0) is 12.8 Å². The molecule has 13 heavy (non-hydrogen) atoms. The van der Waals surface area contributed by atoms with E-state index in [9.17, 15) is 12.9 Å². The van der Waals surface area contributed by atoms with Crippen LogP contribution in [0, 0.1) is 0 Å². The summed E-state index contributed by atoms with van der Waals surface area (Å²) in [5, 5.41) is 0. The Morgan fingerprint density at radius 3 is 2.54 bits per heavy atom. The highest BCUT2D eigenvalue weighted by Gasteiger charge is 2.30. The van der Waals surface area contributed by atoms with Crippen molar-refractivity contribution in [3.8, 4) is 0 Å². The number of benzene rings is 1. The van der Waals surface area contributed by atoms with E-state index in [1.807, 2.05) is 0 Å². The smallest absolute Gasteiger partial charge is 0.445 e. The Bertz CT molecular complexity index is 330. The third-order valence-corrected chi connectivity index (χ3v) is 2.53. The number of rotatable bonds is 1. The molecule has 0 aromatic heterocycles. The van der Waals surface area contributed by atoms with Gasteiger partial charge >= 0.3 is 6.98 Å². The summed E-state index contributed by atoms with van der Waals surface area (Å²) in [7, 11) is 0. The lowest BCUT2D eigenvalue weighted by molar-refractivity contribution is 0.500. The van der Waals surface area contributed by atoms with Crippen molar-refractivity contribution >= 4 is 12.4 Å². The van der Waals surface area contributed by atoms with Crippen molar-refractivity contribution in [2.75, 3.05) is 0 Å². The van der Waals surface area contributed by atoms with Gasteiger partial charge in [-0.25, -0.2) is 0 Å². The van der Waals surface area contributed by atoms with E-state index in [0.29, 0.717) is 12.0 Å². The predicted molar refractivity (Wildman–Crippen MR) is 47.2 cm³/mol. The molecular weight excluding hydrogens is 176 g/mol. The maximum atomic E-state index is 12.5. The fourth-order valence-corrected chi connectivity index (χ4v) is 1.96. The molecule has 0 spiro atoms. The molecule has 0 N–H and O–H groups in total. The number of fused-ring (bicyclic) bond motifs is 1. The normalized spacial score (nSPS) is 15.9. The standard InChI is InChI=1S/C9H9BF3/c11-10(12,13)9-6-2-4-7-3-1-5-8(7)9/h2,4,6H,1,3,5H2/q-1. The maximum absolute atomic E-state index is 12.5. The van der Waals surface area contributed by atoms with E-state index in [4.69, 9.17) is 0 Å². The van der Waals surface area contributed by atoms with Crippen LogP contribution in [-0.4, -0.2) is 6.98 Å². The van der Waals surface area contributed by atoms with Gasteiger partial charge in [-0.2, -0.15) is 0 Å². The van der Waals surface area contributed by atoms with Crippen LogP contribution in [0.2, 0.25) is 0 Å². The second kappa shape index (κ2) is 2.79. The highest BCUT2D eigenvalue weighted by Crippen LogP contribution is 2.23. The van der Waals surface area contributed by atoms with Gasteiger partial charge < -0.3 is 12.9 Å². The first-order valence-corrected chi connectivity index (χ1v) is 4.39. The average molecular weight is 185 g/mol. The summed E-state index contributed by atoms with van der Waals surface area (Å²) in [6.07, 6.45) is 2.25. The van der Waals surface area contributed by atoms with E-state index in [1.165, 1.54) is 12.1 Å². The molecule has 1 aromatic rings. The van der Waals surface area contributed by atoms with Crippen molar-refractivity contribution in [1.29, 1.82) is 0 Å². The Kier molecular flexibility index (Phi) is 1.86. The molecule has 0 aliphatic heterocycles. The molecule has 1 aliphatic rings. The Morgan fingerprint density at radius 1 is 1.08 bits per heavy atom. The Balaban J connectivity index is 2.54. The van der Waals surface area contributed by atoms with E-state index in [-0.39, 0.29) is 5.46 Å². The molecular formula is C9H9BF3-. The quantitative estimate of drug-likeness (QED) is 0.588. The van der Waals surface area contributed by atoms with Gasteiger partial charge in [-0.1, -0.05) is 23.8 Å². The SMILES string of the molecule is F[B-](F)(F)c1cccc2c1CCC2. The van der Waals surface area contributed by atoms with Gasteiger partial charge in [0.1, 0.15) is 0 Å². The molecule has 70 valence electrons. The molecule has 0 heterocycles. The van der Waals surface area contributed by atoms with Gasteiger partial charge in [-0.3, -0.25) is 0 Å². The van der Waals surface area contributed by atoms with Crippen LogP contribution in [0.15, 0.2) is 18.2 Å². The molecule has 0 saturated heterocycles. The van der Waals surface area contributed by atoms with Gasteiger partial charge in [0.15, 0.2) is 0 Å². The van der Waals surface area contributed by atoms with Crippen molar-refractivity contribution in [2.24, 2.45) is 0 Å². The van der Waals surface area contributed by atoms with Gasteiger partial charge in [0.25, 0.3) is 0 Å². The van der Waals surface area contributed by atoms with Gasteiger partial charge in [0, 0.05) is 0 Å². The topological polar surface area (TPSA) is 0 Å². The van der Waals surface area contributed by atoms with Gasteiger partial charge in [-0.05, 0) is 24.8 Å². The Morgan fingerprint density at radius 2 is 1.85 bits per heavy atom. The van der Waals surface area contributed by atoms with Crippen LogP contribution < -0.4 is 5.46 Å². The summed E-state index contributed by atoms with van der Waals surface area (Å²) < 4.78 is 37.5. The molecule has 0 unspecified atom stereocenters. The van der Waals surface area contributed by atoms with Crippen molar-refractivity contribution in [2.45, 2.75) is 19.3 Å². The zero-order valence-electron chi connectivity index (χ0n) is 7.06. The minimum absolute atomic E-state index is 0.380. The largest absolute Gasteiger partial charge is 0.509 e. The summed E-state index contributed by atoms with van der Waals surface area (Å²) in [5.41, 5.74) is 1.04. The highest BCUT2D eigenvalue weighted by molar-refractivity contribution is 6.74. The fourth-order valence-electron chi connectivity index (χ4n) is 1.96. The zero-order chi connectivity index (χ0) is 9.47. The lowest BCUT2D eigenvalue weighted by atomic mass is 9.76. The van der Waals surface area contributed by atoms with Crippen LogP contribution in [0.1, 0.15) is 17.5 Å². The van der Waals surface area contributed by atoms with E-state index < -0.39 is 6.98 Å². The first-order valence-electron chi connectivity index (χ1n) is 4.39. The molecule has 0 amide bonds. The average Bonchev–Trinajstić information content (AvgIpc) is 2.48. The molecule has 0 radical (unpaired) electrons. The monoisotopic (exact) mass is 185 g/mol. The lowest BCUT2D eigenvalue weighted by Gasteiger charge is -2.18. The zero-order valence-corrected chi connectivity index (χ0v) is 7.06. The van der Waals surface area contributed by atoms with E-state index >= 15 is 0 Å². The van der Waals surface area contributed by atoms with Gasteiger partial charge in [0.05, 0.1) is 0 Å². The summed E-state index contributed by atoms with van der Waals surface area (Å²) in [6, 6.07) is 4.51. The molecule has 1 aromatic carbocycles. The van der Waals surface area contributed by atoms with Crippen molar-refractivity contribution in [3.63, 3.8) is 0 Å². The molecule has 2 rings (SSSR count). The molecule has 0 atom stereocenters. The predicted octanol–water partition coefficient (Wildman–Crippen LogP) is 2.23. The van der Waals surface area contributed by atoms with Crippen LogP contribution >= 0.6 is 0 Å². The van der Waals surface area contributed by atoms with E-state index in [2.05, 4.69) is 0 Å². The first kappa shape index (κ1) is 8.66. The van der Waals surface area contributed by atoms with Gasteiger partial charge in [-0.15, -0.1) is 5.46 Å². The second-order valence-electron chi connectivity index (χ2n) is 3.41. The summed E-state index contributed by atoms with van der Waals surface area (Å²) in [5.74, 6) is 0. The third kappa shape index (κ3) is 1.45. The maximum Gasteiger partial charge on any atom is 0.509 e.